The summed E-state index contributed by atoms with van der Waals surface area (Å²) in [6.45, 7) is 6.99. The zero-order valence-electron chi connectivity index (χ0n) is 9.73. The Hall–Kier alpha value is -0.550. The maximum atomic E-state index is 9.19. The highest BCUT2D eigenvalue weighted by Crippen LogP contribution is 2.17. The Labute approximate surface area is 92.7 Å². The van der Waals surface area contributed by atoms with E-state index in [9.17, 15) is 8.42 Å². The van der Waals surface area contributed by atoms with E-state index in [1.807, 2.05) is 0 Å². The van der Waals surface area contributed by atoms with Crippen LogP contribution in [0.1, 0.15) is 33.1 Å². The van der Waals surface area contributed by atoms with Crippen molar-refractivity contribution in [2.24, 2.45) is 0 Å². The Morgan fingerprint density at radius 2 is 2.00 bits per heavy atom. The normalized spacial score (nSPS) is 15.7. The quantitative estimate of drug-likeness (QED) is 0.759. The summed E-state index contributed by atoms with van der Waals surface area (Å²) >= 11 is 0. The zero-order valence-corrected chi connectivity index (χ0v) is 10.5. The Morgan fingerprint density at radius 3 is 2.40 bits per heavy atom. The van der Waals surface area contributed by atoms with E-state index >= 15 is 0 Å². The van der Waals surface area contributed by atoms with Gasteiger partial charge in [-0.25, -0.2) is 0 Å². The minimum absolute atomic E-state index is 0.715. The van der Waals surface area contributed by atoms with Gasteiger partial charge in [-0.05, 0) is 19.3 Å². The van der Waals surface area contributed by atoms with E-state index in [1.165, 1.54) is 32.4 Å². The van der Waals surface area contributed by atoms with E-state index in [4.69, 9.17) is 4.55 Å². The van der Waals surface area contributed by atoms with Crippen LogP contribution in [0.2, 0.25) is 0 Å². The molecule has 1 heterocycles. The number of hydrogen-bond donors (Lipinski definition) is 1. The Kier molecular flexibility index (Phi) is 6.60. The fraction of sp³-hybridized carbons (Fsp3) is 0.800. The third kappa shape index (κ3) is 8.44. The average molecular weight is 235 g/mol. The lowest BCUT2D eigenvalue weighted by Gasteiger charge is -2.20. The molecule has 5 heteroatoms. The summed E-state index contributed by atoms with van der Waals surface area (Å²) in [7, 11) is -3.67. The van der Waals surface area contributed by atoms with Crippen LogP contribution >= 0.6 is 0 Å². The summed E-state index contributed by atoms with van der Waals surface area (Å²) in [6, 6.07) is 0. The van der Waals surface area contributed by atoms with Crippen molar-refractivity contribution in [3.8, 4) is 0 Å². The first-order chi connectivity index (χ1) is 6.88. The van der Waals surface area contributed by atoms with Gasteiger partial charge in [0.1, 0.15) is 0 Å². The first-order valence-electron chi connectivity index (χ1n) is 5.24. The minimum Gasteiger partial charge on any atom is -0.375 e. The van der Waals surface area contributed by atoms with Gasteiger partial charge in [-0.3, -0.25) is 4.55 Å². The lowest BCUT2D eigenvalue weighted by atomic mass is 10.3. The second-order valence-electron chi connectivity index (χ2n) is 3.56. The molecule has 0 spiro atoms. The lowest BCUT2D eigenvalue weighted by molar-refractivity contribution is 0.367. The monoisotopic (exact) mass is 235 g/mol. The van der Waals surface area contributed by atoms with Gasteiger partial charge >= 0.3 is 0 Å². The van der Waals surface area contributed by atoms with Crippen LogP contribution in [-0.4, -0.2) is 37.2 Å². The second kappa shape index (κ2) is 6.85. The molecule has 0 unspecified atom stereocenters. The van der Waals surface area contributed by atoms with Gasteiger partial charge in [-0.1, -0.05) is 19.9 Å². The van der Waals surface area contributed by atoms with Crippen molar-refractivity contribution in [3.63, 3.8) is 0 Å². The van der Waals surface area contributed by atoms with Gasteiger partial charge in [0.15, 0.2) is 0 Å². The SMILES string of the molecule is CCCN1CCC=C1CC.CS(=O)(=O)O. The van der Waals surface area contributed by atoms with E-state index in [0.29, 0.717) is 6.26 Å². The molecule has 0 aromatic carbocycles. The van der Waals surface area contributed by atoms with Crippen LogP contribution in [0.4, 0.5) is 0 Å². The van der Waals surface area contributed by atoms with E-state index in [1.54, 1.807) is 5.70 Å². The van der Waals surface area contributed by atoms with Crippen molar-refractivity contribution >= 4 is 10.1 Å². The number of allylic oxidation sites excluding steroid dienone is 1. The Morgan fingerprint density at radius 1 is 1.47 bits per heavy atom. The third-order valence-corrected chi connectivity index (χ3v) is 2.04. The van der Waals surface area contributed by atoms with Crippen molar-refractivity contribution in [1.82, 2.24) is 4.90 Å². The Bertz CT molecular complexity index is 288. The molecule has 1 aliphatic heterocycles. The first-order valence-corrected chi connectivity index (χ1v) is 7.09. The van der Waals surface area contributed by atoms with E-state index in [0.717, 1.165) is 0 Å². The van der Waals surface area contributed by atoms with E-state index in [-0.39, 0.29) is 0 Å². The van der Waals surface area contributed by atoms with Crippen molar-refractivity contribution in [3.05, 3.63) is 11.8 Å². The molecule has 0 bridgehead atoms. The van der Waals surface area contributed by atoms with Crippen LogP contribution in [0.25, 0.3) is 0 Å². The predicted octanol–water partition coefficient (Wildman–Crippen LogP) is 1.90. The maximum absolute atomic E-state index is 9.19. The third-order valence-electron chi connectivity index (χ3n) is 2.04. The fourth-order valence-electron chi connectivity index (χ4n) is 1.55. The van der Waals surface area contributed by atoms with Gasteiger partial charge < -0.3 is 4.90 Å². The van der Waals surface area contributed by atoms with Crippen LogP contribution in [0.3, 0.4) is 0 Å². The zero-order chi connectivity index (χ0) is 11.9. The summed E-state index contributed by atoms with van der Waals surface area (Å²) in [4.78, 5) is 2.50. The summed E-state index contributed by atoms with van der Waals surface area (Å²) in [5.41, 5.74) is 1.56. The number of rotatable bonds is 3. The molecule has 1 aliphatic rings. The molecule has 1 rings (SSSR count). The standard InChI is InChI=1S/C9H17N.CH4O3S/c1-3-7-10-8-5-6-9(10)4-2;1-5(2,3)4/h6H,3-5,7-8H2,1-2H3;1H3,(H,2,3,4). The summed E-state index contributed by atoms with van der Waals surface area (Å²) < 4.78 is 25.9. The highest BCUT2D eigenvalue weighted by molar-refractivity contribution is 7.85. The molecule has 0 aromatic heterocycles. The first kappa shape index (κ1) is 14.5. The maximum Gasteiger partial charge on any atom is 0.261 e. The van der Waals surface area contributed by atoms with E-state index in [2.05, 4.69) is 24.8 Å². The number of hydrogen-bond acceptors (Lipinski definition) is 3. The molecule has 0 aliphatic carbocycles. The fourth-order valence-corrected chi connectivity index (χ4v) is 1.55. The predicted molar refractivity (Wildman–Crippen MR) is 62.3 cm³/mol. The van der Waals surface area contributed by atoms with Crippen molar-refractivity contribution < 1.29 is 13.0 Å². The van der Waals surface area contributed by atoms with Crippen LogP contribution in [-0.2, 0) is 10.1 Å². The largest absolute Gasteiger partial charge is 0.375 e. The van der Waals surface area contributed by atoms with Gasteiger partial charge in [0.05, 0.1) is 6.26 Å². The summed E-state index contributed by atoms with van der Waals surface area (Å²) in [5.74, 6) is 0. The average Bonchev–Trinajstić information content (AvgIpc) is 2.49. The lowest BCUT2D eigenvalue weighted by Crippen LogP contribution is -2.19. The van der Waals surface area contributed by atoms with Crippen molar-refractivity contribution in [1.29, 1.82) is 0 Å². The van der Waals surface area contributed by atoms with Crippen LogP contribution in [0, 0.1) is 0 Å². The molecule has 1 N–H and O–H groups in total. The van der Waals surface area contributed by atoms with E-state index < -0.39 is 10.1 Å². The molecule has 15 heavy (non-hydrogen) atoms. The topological polar surface area (TPSA) is 57.6 Å². The molecule has 90 valence electrons. The molecule has 0 radical (unpaired) electrons. The highest BCUT2D eigenvalue weighted by atomic mass is 32.2. The minimum atomic E-state index is -3.67. The van der Waals surface area contributed by atoms with Crippen molar-refractivity contribution in [2.45, 2.75) is 33.1 Å². The summed E-state index contributed by atoms with van der Waals surface area (Å²) in [5, 5.41) is 0. The van der Waals surface area contributed by atoms with Crippen molar-refractivity contribution in [2.75, 3.05) is 19.3 Å². The van der Waals surface area contributed by atoms with Gasteiger partial charge in [0.25, 0.3) is 10.1 Å². The van der Waals surface area contributed by atoms with Crippen LogP contribution in [0.5, 0.6) is 0 Å². The molecule has 4 nitrogen and oxygen atoms in total. The molecule has 0 saturated carbocycles. The smallest absolute Gasteiger partial charge is 0.261 e. The molecular formula is C10H21NO3S. The van der Waals surface area contributed by atoms with Crippen LogP contribution < -0.4 is 0 Å². The van der Waals surface area contributed by atoms with Crippen LogP contribution in [0.15, 0.2) is 11.8 Å². The second-order valence-corrected chi connectivity index (χ2v) is 5.02. The molecule has 0 fully saturated rings. The van der Waals surface area contributed by atoms with Gasteiger partial charge in [-0.15, -0.1) is 0 Å². The number of nitrogens with zero attached hydrogens (tertiary/aromatic N) is 1. The summed E-state index contributed by atoms with van der Waals surface area (Å²) in [6.07, 6.45) is 6.84. The molecular weight excluding hydrogens is 214 g/mol. The molecule has 0 atom stereocenters. The van der Waals surface area contributed by atoms with Gasteiger partial charge in [0, 0.05) is 18.8 Å². The highest BCUT2D eigenvalue weighted by Gasteiger charge is 2.10. The van der Waals surface area contributed by atoms with Gasteiger partial charge in [0.2, 0.25) is 0 Å². The van der Waals surface area contributed by atoms with Gasteiger partial charge in [-0.2, -0.15) is 8.42 Å². The Balaban J connectivity index is 0.000000336. The molecule has 0 saturated heterocycles. The molecule has 0 amide bonds. The molecule has 0 aromatic rings.